The predicted octanol–water partition coefficient (Wildman–Crippen LogP) is 13.7. The van der Waals surface area contributed by atoms with Crippen LogP contribution in [0.5, 0.6) is 0 Å². The summed E-state index contributed by atoms with van der Waals surface area (Å²) >= 11 is 0. The molecule has 2 rings (SSSR count). The van der Waals surface area contributed by atoms with Gasteiger partial charge in [-0.05, 0) is 47.9 Å². The Hall–Kier alpha value is -2.18. The summed E-state index contributed by atoms with van der Waals surface area (Å²) < 4.78 is 0. The van der Waals surface area contributed by atoms with Crippen LogP contribution in [-0.4, -0.2) is 0 Å². The highest BCUT2D eigenvalue weighted by Gasteiger charge is 1.98. The predicted molar refractivity (Wildman–Crippen MR) is 189 cm³/mol. The lowest BCUT2D eigenvalue weighted by Gasteiger charge is -2.02. The van der Waals surface area contributed by atoms with E-state index >= 15 is 0 Å². The number of hydrogen-bond acceptors (Lipinski definition) is 0. The lowest BCUT2D eigenvalue weighted by Crippen LogP contribution is -1.83. The van der Waals surface area contributed by atoms with Crippen molar-refractivity contribution in [2.45, 2.75) is 181 Å². The molecule has 2 aromatic rings. The summed E-state index contributed by atoms with van der Waals surface area (Å²) in [5.41, 5.74) is 2.26. The quantitative estimate of drug-likeness (QED) is 0.0872. The average molecular weight is 569 g/mol. The topological polar surface area (TPSA) is 0 Å². The van der Waals surface area contributed by atoms with Crippen LogP contribution >= 0.6 is 0 Å². The van der Waals surface area contributed by atoms with Crippen molar-refractivity contribution in [2.75, 3.05) is 0 Å². The van der Waals surface area contributed by atoms with Crippen LogP contribution in [0, 0.1) is 23.7 Å². The Morgan fingerprint density at radius 2 is 0.667 bits per heavy atom. The second kappa shape index (κ2) is 26.4. The van der Waals surface area contributed by atoms with Crippen molar-refractivity contribution in [3.05, 3.63) is 47.5 Å². The lowest BCUT2D eigenvalue weighted by molar-refractivity contribution is 0.545. The molecule has 0 aliphatic rings. The molecule has 0 nitrogen and oxygen atoms in total. The summed E-state index contributed by atoms with van der Waals surface area (Å²) in [7, 11) is 0. The minimum absolute atomic E-state index is 1.01. The van der Waals surface area contributed by atoms with Gasteiger partial charge in [-0.15, -0.1) is 0 Å². The zero-order valence-corrected chi connectivity index (χ0v) is 27.8. The molecule has 0 saturated heterocycles. The van der Waals surface area contributed by atoms with Crippen molar-refractivity contribution in [1.29, 1.82) is 0 Å². The highest BCUT2D eigenvalue weighted by Crippen LogP contribution is 2.18. The smallest absolute Gasteiger partial charge is 0.0251 e. The standard InChI is InChI=1S/C42H64/c1-3-5-7-9-11-13-15-17-19-21-23-25-27-29-31-39-33-35-41-36-34-40(38-42(41)37-39)32-30-28-26-24-22-20-18-16-14-12-10-8-6-4-2/h33-38H,3-28H2,1-2H3. The van der Waals surface area contributed by atoms with Gasteiger partial charge in [0.15, 0.2) is 0 Å². The van der Waals surface area contributed by atoms with E-state index in [-0.39, 0.29) is 0 Å². The van der Waals surface area contributed by atoms with Crippen molar-refractivity contribution >= 4 is 10.8 Å². The van der Waals surface area contributed by atoms with Gasteiger partial charge in [0.25, 0.3) is 0 Å². The van der Waals surface area contributed by atoms with E-state index in [1.807, 2.05) is 0 Å². The molecule has 0 amide bonds. The molecule has 0 spiro atoms. The van der Waals surface area contributed by atoms with Crippen LogP contribution in [0.1, 0.15) is 192 Å². The van der Waals surface area contributed by atoms with Crippen molar-refractivity contribution < 1.29 is 0 Å². The van der Waals surface area contributed by atoms with Crippen LogP contribution in [0.2, 0.25) is 0 Å². The second-order valence-corrected chi connectivity index (χ2v) is 12.7. The largest absolute Gasteiger partial charge is 0.0979 e. The van der Waals surface area contributed by atoms with E-state index < -0.39 is 0 Å². The minimum Gasteiger partial charge on any atom is -0.0979 e. The van der Waals surface area contributed by atoms with E-state index in [9.17, 15) is 0 Å². The summed E-state index contributed by atoms with van der Waals surface area (Å²) in [5.74, 6) is 13.7. The summed E-state index contributed by atoms with van der Waals surface area (Å²) in [6.45, 7) is 4.59. The van der Waals surface area contributed by atoms with Gasteiger partial charge in [0.1, 0.15) is 0 Å². The molecule has 0 aromatic heterocycles. The molecule has 0 aliphatic heterocycles. The van der Waals surface area contributed by atoms with E-state index in [1.165, 1.54) is 165 Å². The first-order valence-corrected chi connectivity index (χ1v) is 18.3. The van der Waals surface area contributed by atoms with Crippen LogP contribution < -0.4 is 0 Å². The maximum atomic E-state index is 3.42. The highest BCUT2D eigenvalue weighted by atomic mass is 14.0. The van der Waals surface area contributed by atoms with Crippen LogP contribution in [0.15, 0.2) is 36.4 Å². The monoisotopic (exact) mass is 569 g/mol. The summed E-state index contributed by atoms with van der Waals surface area (Å²) in [4.78, 5) is 0. The van der Waals surface area contributed by atoms with Gasteiger partial charge in [0, 0.05) is 24.0 Å². The average Bonchev–Trinajstić information content (AvgIpc) is 3.01. The van der Waals surface area contributed by atoms with Crippen LogP contribution in [-0.2, 0) is 0 Å². The second-order valence-electron chi connectivity index (χ2n) is 12.7. The van der Waals surface area contributed by atoms with Crippen molar-refractivity contribution in [3.63, 3.8) is 0 Å². The molecule has 0 fully saturated rings. The van der Waals surface area contributed by atoms with Crippen molar-refractivity contribution in [3.8, 4) is 23.7 Å². The van der Waals surface area contributed by atoms with Crippen molar-refractivity contribution in [2.24, 2.45) is 0 Å². The number of hydrogen-bond donors (Lipinski definition) is 0. The Morgan fingerprint density at radius 1 is 0.357 bits per heavy atom. The summed E-state index contributed by atoms with van der Waals surface area (Å²) in [5, 5.41) is 2.53. The van der Waals surface area contributed by atoms with Gasteiger partial charge < -0.3 is 0 Å². The molecule has 0 saturated carbocycles. The van der Waals surface area contributed by atoms with Gasteiger partial charge in [-0.1, -0.05) is 191 Å². The molecule has 0 heterocycles. The number of unbranched alkanes of at least 4 members (excludes halogenated alkanes) is 24. The molecule has 0 radical (unpaired) electrons. The van der Waals surface area contributed by atoms with Gasteiger partial charge in [0.05, 0.1) is 0 Å². The minimum atomic E-state index is 1.01. The Bertz CT molecular complexity index is 956. The van der Waals surface area contributed by atoms with Crippen LogP contribution in [0.4, 0.5) is 0 Å². The number of rotatable bonds is 24. The Labute approximate surface area is 262 Å². The molecule has 2 aromatic carbocycles. The third kappa shape index (κ3) is 19.1. The van der Waals surface area contributed by atoms with E-state index in [0.29, 0.717) is 0 Å². The maximum Gasteiger partial charge on any atom is 0.0251 e. The first-order chi connectivity index (χ1) is 20.8. The molecule has 0 bridgehead atoms. The molecule has 0 heteroatoms. The third-order valence-electron chi connectivity index (χ3n) is 8.62. The van der Waals surface area contributed by atoms with Crippen LogP contribution in [0.25, 0.3) is 10.8 Å². The zero-order chi connectivity index (χ0) is 29.8. The van der Waals surface area contributed by atoms with E-state index in [4.69, 9.17) is 0 Å². The summed E-state index contributed by atoms with van der Waals surface area (Å²) in [6.07, 6.45) is 35.4. The molecular formula is C42H64. The Morgan fingerprint density at radius 3 is 1.00 bits per heavy atom. The first kappa shape index (κ1) is 36.0. The SMILES string of the molecule is CCCCCCCCCCCCCCC#Cc1ccc2ccc(C#CCCCCCCCCCCCCCC)cc2c1. The van der Waals surface area contributed by atoms with Gasteiger partial charge in [0.2, 0.25) is 0 Å². The normalized spacial score (nSPS) is 10.8. The van der Waals surface area contributed by atoms with Gasteiger partial charge in [-0.3, -0.25) is 0 Å². The highest BCUT2D eigenvalue weighted by molar-refractivity contribution is 5.85. The van der Waals surface area contributed by atoms with E-state index in [0.717, 1.165) is 24.0 Å². The molecule has 0 aliphatic carbocycles. The molecule has 0 N–H and O–H groups in total. The van der Waals surface area contributed by atoms with E-state index in [1.54, 1.807) is 0 Å². The third-order valence-corrected chi connectivity index (χ3v) is 8.62. The molecule has 0 unspecified atom stereocenters. The van der Waals surface area contributed by atoms with Crippen LogP contribution in [0.3, 0.4) is 0 Å². The molecular weight excluding hydrogens is 504 g/mol. The Balaban J connectivity index is 1.55. The number of fused-ring (bicyclic) bond motifs is 1. The maximum absolute atomic E-state index is 3.42. The molecule has 42 heavy (non-hydrogen) atoms. The Kier molecular flexibility index (Phi) is 22.7. The van der Waals surface area contributed by atoms with Crippen molar-refractivity contribution in [1.82, 2.24) is 0 Å². The molecule has 232 valence electrons. The fourth-order valence-corrected chi connectivity index (χ4v) is 5.84. The van der Waals surface area contributed by atoms with Gasteiger partial charge in [-0.25, -0.2) is 0 Å². The van der Waals surface area contributed by atoms with Gasteiger partial charge in [-0.2, -0.15) is 0 Å². The first-order valence-electron chi connectivity index (χ1n) is 18.3. The van der Waals surface area contributed by atoms with Gasteiger partial charge >= 0.3 is 0 Å². The summed E-state index contributed by atoms with van der Waals surface area (Å²) in [6, 6.07) is 13.2. The zero-order valence-electron chi connectivity index (χ0n) is 27.8. The number of benzene rings is 2. The lowest BCUT2D eigenvalue weighted by atomic mass is 10.0. The fourth-order valence-electron chi connectivity index (χ4n) is 5.84. The fraction of sp³-hybridized carbons (Fsp3) is 0.667. The van der Waals surface area contributed by atoms with E-state index in [2.05, 4.69) is 73.9 Å². The molecule has 0 atom stereocenters.